The summed E-state index contributed by atoms with van der Waals surface area (Å²) < 4.78 is 5.59. The van der Waals surface area contributed by atoms with Gasteiger partial charge in [0.05, 0.1) is 6.10 Å². The van der Waals surface area contributed by atoms with Crippen molar-refractivity contribution in [2.45, 2.75) is 45.3 Å². The van der Waals surface area contributed by atoms with Crippen LogP contribution in [0.5, 0.6) is 0 Å². The molecule has 0 aromatic heterocycles. The van der Waals surface area contributed by atoms with Gasteiger partial charge in [-0.3, -0.25) is 0 Å². The second-order valence-corrected chi connectivity index (χ2v) is 4.29. The molecule has 0 amide bonds. The Bertz CT molecular complexity index is 350. The van der Waals surface area contributed by atoms with Gasteiger partial charge in [0.2, 0.25) is 0 Å². The minimum atomic E-state index is 0.237. The fraction of sp³-hybridized carbons (Fsp3) is 0.538. The number of hydrogen-bond acceptors (Lipinski definition) is 1. The van der Waals surface area contributed by atoms with Crippen LogP contribution in [0.2, 0.25) is 0 Å². The average Bonchev–Trinajstić information content (AvgIpc) is 3.11. The molecule has 1 aromatic carbocycles. The summed E-state index contributed by atoms with van der Waals surface area (Å²) >= 11 is 4.24. The molecule has 3 heteroatoms. The first kappa shape index (κ1) is 14.7. The van der Waals surface area contributed by atoms with E-state index < -0.39 is 0 Å². The molecule has 2 atom stereocenters. The fourth-order valence-corrected chi connectivity index (χ4v) is 2.38. The van der Waals surface area contributed by atoms with Crippen molar-refractivity contribution in [3.63, 3.8) is 0 Å². The molecule has 1 aliphatic heterocycles. The maximum atomic E-state index is 5.59. The van der Waals surface area contributed by atoms with Gasteiger partial charge in [0.25, 0.3) is 0 Å². The Kier molecular flexibility index (Phi) is 5.51. The molecule has 3 rings (SSSR count). The largest absolute Gasteiger partial charge is 0.364 e. The van der Waals surface area contributed by atoms with Crippen LogP contribution in [-0.4, -0.2) is 6.10 Å². The van der Waals surface area contributed by atoms with Gasteiger partial charge in [0.15, 0.2) is 0 Å². The summed E-state index contributed by atoms with van der Waals surface area (Å²) in [5, 5.41) is 0. The first-order valence-corrected chi connectivity index (χ1v) is 11.9. The van der Waals surface area contributed by atoms with Gasteiger partial charge in [-0.05, 0) is 11.1 Å². The molecule has 2 aliphatic rings. The summed E-state index contributed by atoms with van der Waals surface area (Å²) in [4.78, 5) is 0. The van der Waals surface area contributed by atoms with Crippen molar-refractivity contribution in [2.24, 2.45) is 0 Å². The maximum absolute atomic E-state index is 5.59. The smallest absolute Gasteiger partial charge is 0.110 e. The molecular weight excluding hydrogens is 426 g/mol. The van der Waals surface area contributed by atoms with E-state index in [0.29, 0.717) is 12.2 Å². The van der Waals surface area contributed by atoms with E-state index in [1.165, 1.54) is 11.1 Å². The third-order valence-electron chi connectivity index (χ3n) is 3.16. The number of rotatable bonds is 0. The lowest BCUT2D eigenvalue weighted by atomic mass is 9.85. The molecular formula is C13H18I2O. The lowest BCUT2D eigenvalue weighted by Crippen LogP contribution is -2.21. The van der Waals surface area contributed by atoms with Crippen LogP contribution in [0.25, 0.3) is 0 Å². The first-order chi connectivity index (χ1) is 7.71. The van der Waals surface area contributed by atoms with Crippen molar-refractivity contribution in [3.8, 4) is 0 Å². The number of fused-ring (bicyclic) bond motifs is 3. The monoisotopic (exact) mass is 444 g/mol. The van der Waals surface area contributed by atoms with E-state index in [0.717, 1.165) is 0 Å². The highest BCUT2D eigenvalue weighted by Gasteiger charge is 2.58. The topological polar surface area (TPSA) is 12.5 Å². The Morgan fingerprint density at radius 3 is 2.25 bits per heavy atom. The molecule has 90 valence electrons. The molecule has 0 radical (unpaired) electrons. The highest BCUT2D eigenvalue weighted by Crippen LogP contribution is 2.58. The molecule has 1 aliphatic carbocycles. The molecule has 16 heavy (non-hydrogen) atoms. The standard InChI is InChI=1S/C11H12O.C2H6.I2/c1-11(2)8-6-4-3-5-7(8)9-10(11)12-9;2*1-2/h3-6,9-10H,1-2H3;1-2H3;. The van der Waals surface area contributed by atoms with Crippen LogP contribution in [0.1, 0.15) is 44.9 Å². The molecule has 1 heterocycles. The Morgan fingerprint density at radius 2 is 1.69 bits per heavy atom. The van der Waals surface area contributed by atoms with Crippen LogP contribution in [0.3, 0.4) is 0 Å². The second-order valence-electron chi connectivity index (χ2n) is 4.29. The molecule has 1 aromatic rings. The van der Waals surface area contributed by atoms with Gasteiger partial charge in [0, 0.05) is 42.6 Å². The Hall–Kier alpha value is 0.640. The first-order valence-electron chi connectivity index (χ1n) is 5.60. The maximum Gasteiger partial charge on any atom is 0.110 e. The van der Waals surface area contributed by atoms with Crippen LogP contribution in [-0.2, 0) is 10.2 Å². The molecule has 0 spiro atoms. The summed E-state index contributed by atoms with van der Waals surface area (Å²) in [5.41, 5.74) is 3.13. The Morgan fingerprint density at radius 1 is 1.12 bits per heavy atom. The van der Waals surface area contributed by atoms with E-state index in [4.69, 9.17) is 4.74 Å². The number of halogens is 2. The SMILES string of the molecule is CC.CC1(C)c2ccccc2C2OC21.II. The van der Waals surface area contributed by atoms with Crippen LogP contribution in [0, 0.1) is 0 Å². The predicted molar refractivity (Wildman–Crippen MR) is 86.5 cm³/mol. The Balaban J connectivity index is 0.000000291. The minimum Gasteiger partial charge on any atom is -0.364 e. The zero-order valence-electron chi connectivity index (χ0n) is 10.1. The third kappa shape index (κ3) is 2.41. The van der Waals surface area contributed by atoms with E-state index in [2.05, 4.69) is 75.3 Å². The van der Waals surface area contributed by atoms with Crippen molar-refractivity contribution >= 4 is 37.2 Å². The van der Waals surface area contributed by atoms with Gasteiger partial charge in [0.1, 0.15) is 6.10 Å². The quantitative estimate of drug-likeness (QED) is 0.395. The molecule has 0 N–H and O–H groups in total. The summed E-state index contributed by atoms with van der Waals surface area (Å²) in [6.07, 6.45) is 0.867. The molecule has 1 fully saturated rings. The van der Waals surface area contributed by atoms with E-state index in [1.807, 2.05) is 13.8 Å². The van der Waals surface area contributed by atoms with E-state index in [9.17, 15) is 0 Å². The van der Waals surface area contributed by atoms with E-state index >= 15 is 0 Å². The van der Waals surface area contributed by atoms with Gasteiger partial charge < -0.3 is 4.74 Å². The third-order valence-corrected chi connectivity index (χ3v) is 3.16. The van der Waals surface area contributed by atoms with Crippen molar-refractivity contribution in [3.05, 3.63) is 35.4 Å². The normalized spacial score (nSPS) is 26.4. The van der Waals surface area contributed by atoms with Crippen molar-refractivity contribution in [1.82, 2.24) is 0 Å². The number of benzene rings is 1. The fourth-order valence-electron chi connectivity index (χ4n) is 2.38. The highest BCUT2D eigenvalue weighted by molar-refractivity contribution is 15.0. The summed E-state index contributed by atoms with van der Waals surface area (Å²) in [5.74, 6) is 0. The minimum absolute atomic E-state index is 0.237. The van der Waals surface area contributed by atoms with E-state index in [1.54, 1.807) is 0 Å². The number of hydrogen-bond donors (Lipinski definition) is 0. The lowest BCUT2D eigenvalue weighted by molar-refractivity contribution is 0.292. The lowest BCUT2D eigenvalue weighted by Gasteiger charge is -2.20. The zero-order chi connectivity index (χ0) is 12.3. The van der Waals surface area contributed by atoms with Crippen molar-refractivity contribution in [1.29, 1.82) is 0 Å². The van der Waals surface area contributed by atoms with Gasteiger partial charge in [-0.25, -0.2) is 0 Å². The van der Waals surface area contributed by atoms with Crippen molar-refractivity contribution in [2.75, 3.05) is 0 Å². The number of epoxide rings is 1. The summed E-state index contributed by atoms with van der Waals surface area (Å²) in [6.45, 7) is 8.53. The van der Waals surface area contributed by atoms with Crippen LogP contribution in [0.15, 0.2) is 24.3 Å². The van der Waals surface area contributed by atoms with Gasteiger partial charge in [-0.15, -0.1) is 0 Å². The second kappa shape index (κ2) is 6.00. The van der Waals surface area contributed by atoms with Crippen LogP contribution < -0.4 is 0 Å². The number of ether oxygens (including phenoxy) is 1. The van der Waals surface area contributed by atoms with Crippen molar-refractivity contribution < 1.29 is 4.74 Å². The summed E-state index contributed by atoms with van der Waals surface area (Å²) in [6, 6.07) is 8.63. The predicted octanol–water partition coefficient (Wildman–Crippen LogP) is 5.22. The van der Waals surface area contributed by atoms with Gasteiger partial charge in [-0.2, -0.15) is 0 Å². The van der Waals surface area contributed by atoms with E-state index in [-0.39, 0.29) is 5.41 Å². The average molecular weight is 444 g/mol. The molecule has 1 nitrogen and oxygen atoms in total. The highest BCUT2D eigenvalue weighted by atomic mass is 128. The Labute approximate surface area is 122 Å². The zero-order valence-corrected chi connectivity index (χ0v) is 14.4. The van der Waals surface area contributed by atoms with Crippen LogP contribution >= 0.6 is 37.2 Å². The molecule has 0 saturated carbocycles. The molecule has 1 saturated heterocycles. The van der Waals surface area contributed by atoms with Gasteiger partial charge >= 0.3 is 0 Å². The molecule has 2 unspecified atom stereocenters. The summed E-state index contributed by atoms with van der Waals surface area (Å²) in [7, 11) is 0. The molecule has 0 bridgehead atoms. The van der Waals surface area contributed by atoms with Crippen LogP contribution in [0.4, 0.5) is 0 Å². The van der Waals surface area contributed by atoms with Gasteiger partial charge in [-0.1, -0.05) is 52.0 Å².